The van der Waals surface area contributed by atoms with Crippen LogP contribution in [0.1, 0.15) is 30.0 Å². The van der Waals surface area contributed by atoms with Crippen LogP contribution >= 0.6 is 0 Å². The number of nitrogens with one attached hydrogen (secondary N) is 2. The van der Waals surface area contributed by atoms with E-state index in [4.69, 9.17) is 19.8 Å². The molecule has 7 nitrogen and oxygen atoms in total. The number of aliphatic imine (C=N–C) groups is 1. The predicted molar refractivity (Wildman–Crippen MR) is 116 cm³/mol. The number of anilines is 1. The number of benzene rings is 1. The summed E-state index contributed by atoms with van der Waals surface area (Å²) >= 11 is 0. The van der Waals surface area contributed by atoms with Gasteiger partial charge in [-0.15, -0.1) is 0 Å². The van der Waals surface area contributed by atoms with Gasteiger partial charge < -0.3 is 25.4 Å². The average Bonchev–Trinajstić information content (AvgIpc) is 2.79. The Labute approximate surface area is 171 Å². The van der Waals surface area contributed by atoms with Gasteiger partial charge in [-0.2, -0.15) is 0 Å². The van der Waals surface area contributed by atoms with Crippen LogP contribution in [0.3, 0.4) is 0 Å². The SMILES string of the molecule is COc1ccc2c(c1)N=C(c1ccc(N3CCNCC3)nc1)CC2NCCCO. The predicted octanol–water partition coefficient (Wildman–Crippen LogP) is 2.04. The Balaban J connectivity index is 1.59. The van der Waals surface area contributed by atoms with Gasteiger partial charge in [-0.3, -0.25) is 4.99 Å². The zero-order valence-corrected chi connectivity index (χ0v) is 16.9. The molecule has 154 valence electrons. The second-order valence-electron chi connectivity index (χ2n) is 7.41. The van der Waals surface area contributed by atoms with E-state index in [-0.39, 0.29) is 12.6 Å². The van der Waals surface area contributed by atoms with Crippen molar-refractivity contribution in [2.75, 3.05) is 51.3 Å². The molecule has 1 saturated heterocycles. The van der Waals surface area contributed by atoms with Crippen molar-refractivity contribution < 1.29 is 9.84 Å². The molecule has 1 atom stereocenters. The minimum Gasteiger partial charge on any atom is -0.497 e. The number of hydrogen-bond acceptors (Lipinski definition) is 7. The highest BCUT2D eigenvalue weighted by Gasteiger charge is 2.24. The lowest BCUT2D eigenvalue weighted by Crippen LogP contribution is -2.43. The summed E-state index contributed by atoms with van der Waals surface area (Å²) < 4.78 is 5.39. The molecular weight excluding hydrogens is 366 g/mol. The largest absolute Gasteiger partial charge is 0.497 e. The number of fused-ring (bicyclic) bond motifs is 1. The lowest BCUT2D eigenvalue weighted by molar-refractivity contribution is 0.283. The van der Waals surface area contributed by atoms with Crippen LogP contribution in [0, 0.1) is 0 Å². The summed E-state index contributed by atoms with van der Waals surface area (Å²) in [6.45, 7) is 4.91. The minimum absolute atomic E-state index is 0.155. The number of pyridine rings is 1. The molecule has 3 heterocycles. The van der Waals surface area contributed by atoms with Gasteiger partial charge in [0.15, 0.2) is 0 Å². The molecule has 0 bridgehead atoms. The number of nitrogens with zero attached hydrogens (tertiary/aromatic N) is 3. The van der Waals surface area contributed by atoms with Crippen molar-refractivity contribution in [1.82, 2.24) is 15.6 Å². The normalized spacial score (nSPS) is 18.9. The third-order valence-electron chi connectivity index (χ3n) is 5.51. The molecule has 1 aromatic heterocycles. The smallest absolute Gasteiger partial charge is 0.128 e. The number of methoxy groups -OCH3 is 1. The molecule has 29 heavy (non-hydrogen) atoms. The fraction of sp³-hybridized carbons (Fsp3) is 0.455. The van der Waals surface area contributed by atoms with Crippen molar-refractivity contribution in [3.63, 3.8) is 0 Å². The molecule has 1 unspecified atom stereocenters. The molecule has 1 aromatic carbocycles. The van der Waals surface area contributed by atoms with Crippen molar-refractivity contribution in [2.45, 2.75) is 18.9 Å². The van der Waals surface area contributed by atoms with E-state index in [2.05, 4.69) is 33.7 Å². The molecule has 2 aliphatic heterocycles. The molecule has 2 aliphatic rings. The Bertz CT molecular complexity index is 847. The topological polar surface area (TPSA) is 82.0 Å². The number of piperazine rings is 1. The standard InChI is InChI=1S/C22H29N5O2/c1-29-17-4-5-18-20(24-7-2-12-28)14-19(26-21(18)13-17)16-3-6-22(25-15-16)27-10-8-23-9-11-27/h3-6,13,15,20,23-24,28H,2,7-12,14H2,1H3. The monoisotopic (exact) mass is 395 g/mol. The zero-order chi connectivity index (χ0) is 20.1. The van der Waals surface area contributed by atoms with Gasteiger partial charge in [0, 0.05) is 63.1 Å². The fourth-order valence-electron chi connectivity index (χ4n) is 3.89. The number of aromatic nitrogens is 1. The first-order valence-electron chi connectivity index (χ1n) is 10.3. The molecule has 1 fully saturated rings. The molecule has 2 aromatic rings. The van der Waals surface area contributed by atoms with Crippen LogP contribution in [0.5, 0.6) is 5.75 Å². The summed E-state index contributed by atoms with van der Waals surface area (Å²) in [5.41, 5.74) is 4.16. The number of rotatable bonds is 7. The second kappa shape index (κ2) is 9.35. The van der Waals surface area contributed by atoms with E-state index in [1.54, 1.807) is 7.11 Å². The molecular formula is C22H29N5O2. The van der Waals surface area contributed by atoms with Gasteiger partial charge in [0.05, 0.1) is 18.5 Å². The highest BCUT2D eigenvalue weighted by atomic mass is 16.5. The van der Waals surface area contributed by atoms with Crippen LogP contribution in [-0.4, -0.2) is 62.2 Å². The van der Waals surface area contributed by atoms with Crippen molar-refractivity contribution >= 4 is 17.2 Å². The Hall–Kier alpha value is -2.48. The number of hydrogen-bond donors (Lipinski definition) is 3. The van der Waals surface area contributed by atoms with Gasteiger partial charge in [-0.1, -0.05) is 6.07 Å². The molecule has 0 amide bonds. The summed E-state index contributed by atoms with van der Waals surface area (Å²) in [4.78, 5) is 11.9. The summed E-state index contributed by atoms with van der Waals surface area (Å²) in [5.74, 6) is 1.82. The summed E-state index contributed by atoms with van der Waals surface area (Å²) in [5, 5.41) is 16.1. The molecule has 0 spiro atoms. The van der Waals surface area contributed by atoms with Gasteiger partial charge in [0.2, 0.25) is 0 Å². The van der Waals surface area contributed by atoms with Crippen LogP contribution in [0.25, 0.3) is 0 Å². The molecule has 0 radical (unpaired) electrons. The third kappa shape index (κ3) is 4.58. The minimum atomic E-state index is 0.155. The number of ether oxygens (including phenoxy) is 1. The van der Waals surface area contributed by atoms with Crippen molar-refractivity contribution in [2.24, 2.45) is 4.99 Å². The number of aliphatic hydroxyl groups is 1. The van der Waals surface area contributed by atoms with E-state index in [1.807, 2.05) is 18.3 Å². The summed E-state index contributed by atoms with van der Waals surface area (Å²) in [6.07, 6.45) is 3.46. The maximum atomic E-state index is 9.13. The van der Waals surface area contributed by atoms with E-state index in [1.165, 1.54) is 0 Å². The van der Waals surface area contributed by atoms with Gasteiger partial charge in [-0.05, 0) is 36.7 Å². The van der Waals surface area contributed by atoms with E-state index in [0.29, 0.717) is 0 Å². The summed E-state index contributed by atoms with van der Waals surface area (Å²) in [6, 6.07) is 10.4. The molecule has 3 N–H and O–H groups in total. The Morgan fingerprint density at radius 2 is 2.10 bits per heavy atom. The van der Waals surface area contributed by atoms with E-state index in [9.17, 15) is 0 Å². The van der Waals surface area contributed by atoms with Gasteiger partial charge >= 0.3 is 0 Å². The highest BCUT2D eigenvalue weighted by molar-refractivity contribution is 6.03. The van der Waals surface area contributed by atoms with Crippen LogP contribution in [0.2, 0.25) is 0 Å². The van der Waals surface area contributed by atoms with Gasteiger partial charge in [0.25, 0.3) is 0 Å². The maximum Gasteiger partial charge on any atom is 0.128 e. The van der Waals surface area contributed by atoms with Crippen molar-refractivity contribution in [1.29, 1.82) is 0 Å². The Morgan fingerprint density at radius 3 is 2.83 bits per heavy atom. The lowest BCUT2D eigenvalue weighted by Gasteiger charge is -2.29. The Morgan fingerprint density at radius 1 is 1.24 bits per heavy atom. The van der Waals surface area contributed by atoms with Crippen LogP contribution in [-0.2, 0) is 0 Å². The van der Waals surface area contributed by atoms with Crippen LogP contribution < -0.4 is 20.3 Å². The van der Waals surface area contributed by atoms with Crippen LogP contribution in [0.4, 0.5) is 11.5 Å². The Kier molecular flexibility index (Phi) is 6.39. The van der Waals surface area contributed by atoms with E-state index >= 15 is 0 Å². The second-order valence-corrected chi connectivity index (χ2v) is 7.41. The molecule has 4 rings (SSSR count). The lowest BCUT2D eigenvalue weighted by atomic mass is 9.93. The molecule has 0 saturated carbocycles. The van der Waals surface area contributed by atoms with E-state index < -0.39 is 0 Å². The quantitative estimate of drug-likeness (QED) is 0.623. The van der Waals surface area contributed by atoms with E-state index in [0.717, 1.165) is 79.7 Å². The van der Waals surface area contributed by atoms with Crippen LogP contribution in [0.15, 0.2) is 41.5 Å². The molecule has 7 heteroatoms. The van der Waals surface area contributed by atoms with Gasteiger partial charge in [-0.25, -0.2) is 4.98 Å². The first kappa shape index (κ1) is 19.8. The number of aliphatic hydroxyl groups excluding tert-OH is 1. The first-order chi connectivity index (χ1) is 14.3. The van der Waals surface area contributed by atoms with Gasteiger partial charge in [0.1, 0.15) is 11.6 Å². The highest BCUT2D eigenvalue weighted by Crippen LogP contribution is 2.37. The zero-order valence-electron chi connectivity index (χ0n) is 16.9. The third-order valence-corrected chi connectivity index (χ3v) is 5.51. The van der Waals surface area contributed by atoms with Crippen molar-refractivity contribution in [3.05, 3.63) is 47.7 Å². The van der Waals surface area contributed by atoms with Crippen molar-refractivity contribution in [3.8, 4) is 5.75 Å². The molecule has 0 aliphatic carbocycles. The summed E-state index contributed by atoms with van der Waals surface area (Å²) in [7, 11) is 1.67. The first-order valence-corrected chi connectivity index (χ1v) is 10.3. The average molecular weight is 396 g/mol. The maximum absolute atomic E-state index is 9.13. The fourth-order valence-corrected chi connectivity index (χ4v) is 3.89.